The third kappa shape index (κ3) is 49.9. The molecule has 0 unspecified atom stereocenters. The second kappa shape index (κ2) is 65.5. The van der Waals surface area contributed by atoms with Gasteiger partial charge in [0.2, 0.25) is 41.7 Å². The van der Waals surface area contributed by atoms with E-state index in [4.69, 9.17) is 118 Å². The highest BCUT2D eigenvalue weighted by Crippen LogP contribution is 2.31. The fourth-order valence-electron chi connectivity index (χ4n) is 12.5. The van der Waals surface area contributed by atoms with Crippen LogP contribution >= 0.6 is 0 Å². The Balaban J connectivity index is 1.26. The van der Waals surface area contributed by atoms with Crippen LogP contribution in [0.2, 0.25) is 0 Å². The summed E-state index contributed by atoms with van der Waals surface area (Å²) in [5.41, 5.74) is 0.459. The summed E-state index contributed by atoms with van der Waals surface area (Å²) in [7, 11) is 0. The Morgan fingerprint density at radius 2 is 0.808 bits per heavy atom. The summed E-state index contributed by atoms with van der Waals surface area (Å²) in [6, 6.07) is 5.15. The first-order valence-electron chi connectivity index (χ1n) is 42.3. The van der Waals surface area contributed by atoms with Gasteiger partial charge in [-0.05, 0) is 44.1 Å². The van der Waals surface area contributed by atoms with Crippen LogP contribution in [0.1, 0.15) is 127 Å². The average molecular weight is 1860 g/mol. The molecule has 734 valence electrons. The molecule has 3 heterocycles. The Morgan fingerprint density at radius 1 is 0.392 bits per heavy atom. The number of amides is 6. The van der Waals surface area contributed by atoms with Crippen molar-refractivity contribution in [3.05, 3.63) is 35.9 Å². The van der Waals surface area contributed by atoms with Crippen molar-refractivity contribution in [2.75, 3.05) is 172 Å². The molecule has 3 saturated heterocycles. The van der Waals surface area contributed by atoms with Gasteiger partial charge in [0.1, 0.15) is 94.5 Å². The van der Waals surface area contributed by atoms with E-state index in [1.54, 1.807) is 30.3 Å². The van der Waals surface area contributed by atoms with Gasteiger partial charge in [-0.3, -0.25) is 71.9 Å². The zero-order valence-electron chi connectivity index (χ0n) is 75.3. The van der Waals surface area contributed by atoms with Gasteiger partial charge in [-0.15, -0.1) is 0 Å². The van der Waals surface area contributed by atoms with Crippen molar-refractivity contribution in [1.82, 2.24) is 26.6 Å². The Bertz CT molecular complexity index is 3690. The minimum atomic E-state index is -1.44. The number of nitrogens with one attached hydrogen (secondary N) is 5. The number of carbonyl (C=O) groups excluding carboxylic acids is 16. The van der Waals surface area contributed by atoms with Crippen molar-refractivity contribution in [2.45, 2.75) is 220 Å². The Hall–Kier alpha value is -9.99. The minimum Gasteiger partial charge on any atom is -0.463 e. The van der Waals surface area contributed by atoms with E-state index in [0.717, 1.165) is 48.5 Å². The molecule has 0 bridgehead atoms. The molecule has 0 aromatic heterocycles. The lowest BCUT2D eigenvalue weighted by molar-refractivity contribution is -0.279. The zero-order chi connectivity index (χ0) is 95.6. The number of rotatable bonds is 65. The van der Waals surface area contributed by atoms with Gasteiger partial charge in [-0.1, -0.05) is 30.3 Å². The summed E-state index contributed by atoms with van der Waals surface area (Å²) >= 11 is 0. The lowest BCUT2D eigenvalue weighted by Crippen LogP contribution is -2.66. The third-order valence-corrected chi connectivity index (χ3v) is 17.9. The Kier molecular flexibility index (Phi) is 56.6. The zero-order valence-corrected chi connectivity index (χ0v) is 75.3. The van der Waals surface area contributed by atoms with Crippen LogP contribution in [-0.4, -0.2) is 364 Å². The number of ether oxygens (including phenoxy) is 25. The van der Waals surface area contributed by atoms with E-state index in [1.165, 1.54) is 27.7 Å². The first-order chi connectivity index (χ1) is 62.2. The summed E-state index contributed by atoms with van der Waals surface area (Å²) in [6.07, 6.45) is -13.1. The van der Waals surface area contributed by atoms with Gasteiger partial charge in [-0.2, -0.15) is 0 Å². The maximum Gasteiger partial charge on any atom is 0.328 e. The largest absolute Gasteiger partial charge is 0.463 e. The van der Waals surface area contributed by atoms with Crippen LogP contribution in [0, 0.1) is 0 Å². The number of hydrogen-bond donors (Lipinski definition) is 5. The molecule has 3 fully saturated rings. The van der Waals surface area contributed by atoms with Crippen molar-refractivity contribution in [1.29, 1.82) is 0 Å². The smallest absolute Gasteiger partial charge is 0.328 e. The summed E-state index contributed by atoms with van der Waals surface area (Å²) in [4.78, 5) is 203. The van der Waals surface area contributed by atoms with Crippen molar-refractivity contribution in [3.63, 3.8) is 0 Å². The molecule has 0 aliphatic carbocycles. The van der Waals surface area contributed by atoms with Gasteiger partial charge >= 0.3 is 59.7 Å². The predicted molar refractivity (Wildman–Crippen MR) is 439 cm³/mol. The third-order valence-electron chi connectivity index (χ3n) is 17.9. The van der Waals surface area contributed by atoms with Crippen molar-refractivity contribution in [3.8, 4) is 0 Å². The molecule has 15 atom stereocenters. The first kappa shape index (κ1) is 112. The molecule has 5 N–H and O–H groups in total. The van der Waals surface area contributed by atoms with E-state index in [0.29, 0.717) is 24.8 Å². The molecule has 3 aliphatic heterocycles. The highest BCUT2D eigenvalue weighted by molar-refractivity contribution is 6.01. The molecule has 47 nitrogen and oxygen atoms in total. The Morgan fingerprint density at radius 3 is 1.28 bits per heavy atom. The van der Waals surface area contributed by atoms with Crippen LogP contribution in [0.15, 0.2) is 35.3 Å². The maximum absolute atomic E-state index is 14.3. The second-order valence-electron chi connectivity index (χ2n) is 29.0. The first-order valence-corrected chi connectivity index (χ1v) is 42.3. The van der Waals surface area contributed by atoms with Gasteiger partial charge in [0.05, 0.1) is 119 Å². The van der Waals surface area contributed by atoms with Gasteiger partial charge in [0.15, 0.2) is 43.1 Å². The molecule has 0 saturated carbocycles. The summed E-state index contributed by atoms with van der Waals surface area (Å²) in [6.45, 7) is 11.1. The fourth-order valence-corrected chi connectivity index (χ4v) is 12.5. The number of nitrogens with zero attached hydrogens (tertiary/aromatic N) is 1. The normalized spacial score (nSPS) is 21.3. The molecule has 130 heavy (non-hydrogen) atoms. The second-order valence-corrected chi connectivity index (χ2v) is 29.0. The van der Waals surface area contributed by atoms with Gasteiger partial charge < -0.3 is 145 Å². The van der Waals surface area contributed by atoms with E-state index in [1.807, 2.05) is 0 Å². The average Bonchev–Trinajstić information content (AvgIpc) is 1.16. The number of hydrogen-bond acceptors (Lipinski definition) is 41. The highest BCUT2D eigenvalue weighted by Gasteiger charge is 2.53. The summed E-state index contributed by atoms with van der Waals surface area (Å²) < 4.78 is 139. The predicted octanol–water partition coefficient (Wildman–Crippen LogP) is -1.19. The van der Waals surface area contributed by atoms with Crippen LogP contribution in [0.3, 0.4) is 0 Å². The number of aliphatic imine (C=N–C) groups is 1. The van der Waals surface area contributed by atoms with Gasteiger partial charge in [0.25, 0.3) is 0 Å². The van der Waals surface area contributed by atoms with Crippen LogP contribution < -0.4 is 26.6 Å². The molecule has 1 aromatic rings. The van der Waals surface area contributed by atoms with Gasteiger partial charge in [-0.25, -0.2) is 9.79 Å². The van der Waals surface area contributed by atoms with Crippen LogP contribution in [-0.2, 0) is 202 Å². The molecule has 0 spiro atoms. The quantitative estimate of drug-likeness (QED) is 0.0291. The van der Waals surface area contributed by atoms with E-state index >= 15 is 0 Å². The number of unbranched alkanes of at least 4 members (excludes halogenated alkanes) is 2. The number of benzene rings is 1. The molecule has 1 aromatic carbocycles. The molecule has 6 amide bonds. The molecular weight excluding hydrogens is 1740 g/mol. The number of carbonyl (C=O) groups is 16. The SMILES string of the molecule is CC(=O)N=C1[C@H](OCCOCCOCCOCC(=O)NCCCC[C@H](NC(=O)COCCOCCOCCO[C@@H]2O[C@H](COC(C)=O)[C@H](OC(C)=O)[C@H](OC(C)=O)[C@H]2NC(C)=O)C(=O)N[C@@H](CCCCNC(=O)COCCOCCOCCO[C@H]2C[C@@H](OC(C)=O)[C@@H](OC(C)=O)[C@@H](COC(C)=O)O2)C(=O)OCc2ccccc2)O[C@H](COC(C)=O)[C@H](OC(C)=O)[C@@H]1OC(C)=O. The van der Waals surface area contributed by atoms with Crippen LogP contribution in [0.5, 0.6) is 0 Å². The summed E-state index contributed by atoms with van der Waals surface area (Å²) in [5, 5.41) is 13.5. The molecule has 3 aliphatic rings. The lowest BCUT2D eigenvalue weighted by Gasteiger charge is -2.44. The molecular formula is C83H126N6O41. The van der Waals surface area contributed by atoms with E-state index in [9.17, 15) is 76.7 Å². The molecule has 4 rings (SSSR count). The molecule has 47 heteroatoms. The summed E-state index contributed by atoms with van der Waals surface area (Å²) in [5.74, 6) is -10.8. The van der Waals surface area contributed by atoms with E-state index in [-0.39, 0.29) is 190 Å². The lowest BCUT2D eigenvalue weighted by atomic mass is 9.96. The van der Waals surface area contributed by atoms with Crippen LogP contribution in [0.25, 0.3) is 0 Å². The van der Waals surface area contributed by atoms with Crippen molar-refractivity contribution in [2.24, 2.45) is 4.99 Å². The Labute approximate surface area is 752 Å². The standard InChI is InChI=1S/C83H126N6O41/c1-51(90)86-73-78(126-60(10)99)76(124-58(8)97)67(46-119-54(4)93)129-82(73)116-41-38-110-29-26-107-32-35-112-48-69(101)84-23-17-15-21-63(88-71(103)50-114-36-33-108-27-30-111-39-42-117-83-74(87-52(2)91)79(127-61(11)100)77(125-59(9)98)68(130-83)47-120-55(5)94)80(104)89-64(81(105)121-44-62-19-13-12-14-20-62)22-16-18-24-85-70(102)49-113-34-31-106-25-28-109-37-40-115-72-43-65(122-56(6)95)75(123-57(7)96)66(128-72)45-118-53(3)92/h12-14,19-20,63-68,72,74-79,82-83H,15-18,21-50H2,1-11H3,(H,84,101)(H,85,102)(H,87,91)(H,88,103)(H,89,104)/t63-,64-,65+,66+,67+,68+,72+,74+,75+,76-,77-,78+,79+,82+,83+/m0/s1. The topological polar surface area (TPSA) is 576 Å². The van der Waals surface area contributed by atoms with E-state index < -0.39 is 207 Å². The number of esters is 10. The molecule has 0 radical (unpaired) electrons. The van der Waals surface area contributed by atoms with Gasteiger partial charge in [0, 0.05) is 95.7 Å². The fraction of sp³-hybridized carbons (Fsp3) is 0.723. The van der Waals surface area contributed by atoms with E-state index in [2.05, 4.69) is 31.6 Å². The van der Waals surface area contributed by atoms with Crippen LogP contribution in [0.4, 0.5) is 0 Å². The minimum absolute atomic E-state index is 0.00713. The monoisotopic (exact) mass is 1860 g/mol. The highest BCUT2D eigenvalue weighted by atomic mass is 16.7. The van der Waals surface area contributed by atoms with Crippen molar-refractivity contribution < 1.29 is 195 Å². The van der Waals surface area contributed by atoms with Crippen molar-refractivity contribution >= 4 is 101 Å². The maximum atomic E-state index is 14.3.